The average Bonchev–Trinajstić information content (AvgIpc) is 2.63. The molecule has 2 aromatic rings. The van der Waals surface area contributed by atoms with Gasteiger partial charge in [-0.05, 0) is 51.5 Å². The summed E-state index contributed by atoms with van der Waals surface area (Å²) in [7, 11) is 0. The summed E-state index contributed by atoms with van der Waals surface area (Å²) in [6.07, 6.45) is 0.0596. The maximum absolute atomic E-state index is 12.7. The van der Waals surface area contributed by atoms with Crippen LogP contribution < -0.4 is 15.0 Å². The third-order valence-corrected chi connectivity index (χ3v) is 4.75. The van der Waals surface area contributed by atoms with E-state index in [1.807, 2.05) is 43.0 Å². The van der Waals surface area contributed by atoms with E-state index in [-0.39, 0.29) is 12.1 Å². The Labute approximate surface area is 161 Å². The quantitative estimate of drug-likeness (QED) is 0.869. The van der Waals surface area contributed by atoms with Crippen LogP contribution in [0.1, 0.15) is 25.0 Å². The smallest absolute Gasteiger partial charge is 0.322 e. The lowest BCUT2D eigenvalue weighted by Crippen LogP contribution is -2.50. The Morgan fingerprint density at radius 2 is 1.74 bits per heavy atom. The summed E-state index contributed by atoms with van der Waals surface area (Å²) >= 11 is 0. The van der Waals surface area contributed by atoms with E-state index in [0.29, 0.717) is 24.5 Å². The van der Waals surface area contributed by atoms with Gasteiger partial charge in [0, 0.05) is 31.9 Å². The van der Waals surface area contributed by atoms with Crippen LogP contribution >= 0.6 is 0 Å². The highest BCUT2D eigenvalue weighted by atomic mass is 16.5. The van der Waals surface area contributed by atoms with E-state index in [2.05, 4.69) is 42.3 Å². The molecule has 1 heterocycles. The fourth-order valence-electron chi connectivity index (χ4n) is 3.43. The Hall–Kier alpha value is -2.69. The molecule has 1 N–H and O–H groups in total. The van der Waals surface area contributed by atoms with Crippen LogP contribution in [-0.4, -0.2) is 43.2 Å². The molecule has 0 bridgehead atoms. The van der Waals surface area contributed by atoms with Crippen molar-refractivity contribution in [3.8, 4) is 5.75 Å². The Morgan fingerprint density at radius 1 is 1.04 bits per heavy atom. The highest BCUT2D eigenvalue weighted by Gasteiger charge is 2.22. The number of para-hydroxylation sites is 2. The molecule has 1 aliphatic heterocycles. The summed E-state index contributed by atoms with van der Waals surface area (Å²) in [6, 6.07) is 14.0. The first kappa shape index (κ1) is 19.1. The summed E-state index contributed by atoms with van der Waals surface area (Å²) in [5, 5.41) is 3.00. The fourth-order valence-corrected chi connectivity index (χ4v) is 3.43. The molecule has 0 saturated carbocycles. The number of benzene rings is 2. The van der Waals surface area contributed by atoms with Gasteiger partial charge in [-0.2, -0.15) is 0 Å². The third-order valence-electron chi connectivity index (χ3n) is 4.75. The molecule has 0 aliphatic carbocycles. The van der Waals surface area contributed by atoms with Crippen molar-refractivity contribution in [2.45, 2.75) is 33.8 Å². The zero-order valence-corrected chi connectivity index (χ0v) is 16.7. The number of carbonyl (C=O) groups excluding carboxylic acids is 1. The highest BCUT2D eigenvalue weighted by molar-refractivity contribution is 5.91. The van der Waals surface area contributed by atoms with Gasteiger partial charge in [0.25, 0.3) is 0 Å². The molecule has 27 heavy (non-hydrogen) atoms. The molecule has 1 saturated heterocycles. The average molecular weight is 367 g/mol. The number of rotatable bonds is 4. The number of amides is 2. The van der Waals surface area contributed by atoms with E-state index in [4.69, 9.17) is 4.74 Å². The van der Waals surface area contributed by atoms with E-state index < -0.39 is 0 Å². The minimum Gasteiger partial charge on any atom is -0.489 e. The second kappa shape index (κ2) is 8.33. The van der Waals surface area contributed by atoms with Gasteiger partial charge in [0.05, 0.1) is 11.8 Å². The number of anilines is 2. The van der Waals surface area contributed by atoms with E-state index in [1.54, 1.807) is 0 Å². The number of carbonyl (C=O) groups is 1. The predicted octanol–water partition coefficient (Wildman–Crippen LogP) is 4.44. The van der Waals surface area contributed by atoms with E-state index in [9.17, 15) is 4.79 Å². The van der Waals surface area contributed by atoms with Crippen LogP contribution in [0.2, 0.25) is 0 Å². The van der Waals surface area contributed by atoms with Crippen molar-refractivity contribution in [2.75, 3.05) is 36.4 Å². The number of aryl methyl sites for hydroxylation is 2. The standard InChI is InChI=1S/C22H29N3O2/c1-16(2)27-21-8-6-5-7-19(21)23-22(26)25-13-11-24(12-14-25)20-10-9-17(3)15-18(20)4/h5-10,15-16H,11-14H2,1-4H3,(H,23,26). The molecule has 0 atom stereocenters. The molecule has 2 aromatic carbocycles. The lowest BCUT2D eigenvalue weighted by atomic mass is 10.1. The number of hydrogen-bond donors (Lipinski definition) is 1. The minimum absolute atomic E-state index is 0.0596. The van der Waals surface area contributed by atoms with Crippen LogP contribution in [0.15, 0.2) is 42.5 Å². The molecule has 0 aromatic heterocycles. The predicted molar refractivity (Wildman–Crippen MR) is 111 cm³/mol. The molecule has 5 nitrogen and oxygen atoms in total. The van der Waals surface area contributed by atoms with Gasteiger partial charge in [0.1, 0.15) is 5.75 Å². The number of nitrogens with zero attached hydrogens (tertiary/aromatic N) is 2. The normalized spacial score (nSPS) is 14.4. The number of ether oxygens (including phenoxy) is 1. The minimum atomic E-state index is -0.0740. The Bertz CT molecular complexity index is 796. The molecular formula is C22H29N3O2. The number of piperazine rings is 1. The van der Waals surface area contributed by atoms with Crippen molar-refractivity contribution >= 4 is 17.4 Å². The summed E-state index contributed by atoms with van der Waals surface area (Å²) in [5.74, 6) is 0.703. The van der Waals surface area contributed by atoms with Gasteiger partial charge in [-0.25, -0.2) is 4.79 Å². The van der Waals surface area contributed by atoms with E-state index in [0.717, 1.165) is 13.1 Å². The fraction of sp³-hybridized carbons (Fsp3) is 0.409. The zero-order valence-electron chi connectivity index (χ0n) is 16.7. The topological polar surface area (TPSA) is 44.8 Å². The molecule has 1 fully saturated rings. The van der Waals surface area contributed by atoms with E-state index in [1.165, 1.54) is 16.8 Å². The summed E-state index contributed by atoms with van der Waals surface area (Å²) in [4.78, 5) is 16.9. The van der Waals surface area contributed by atoms with Crippen LogP contribution in [0.25, 0.3) is 0 Å². The van der Waals surface area contributed by atoms with Gasteiger partial charge in [-0.1, -0.05) is 29.8 Å². The number of urea groups is 1. The van der Waals surface area contributed by atoms with Crippen LogP contribution in [0.5, 0.6) is 5.75 Å². The third kappa shape index (κ3) is 4.73. The maximum atomic E-state index is 12.7. The second-order valence-electron chi connectivity index (χ2n) is 7.36. The monoisotopic (exact) mass is 367 g/mol. The Morgan fingerprint density at radius 3 is 2.41 bits per heavy atom. The lowest BCUT2D eigenvalue weighted by molar-refractivity contribution is 0.207. The summed E-state index contributed by atoms with van der Waals surface area (Å²) < 4.78 is 5.79. The molecule has 5 heteroatoms. The molecule has 0 spiro atoms. The lowest BCUT2D eigenvalue weighted by Gasteiger charge is -2.37. The number of nitrogens with one attached hydrogen (secondary N) is 1. The van der Waals surface area contributed by atoms with Gasteiger partial charge in [-0.3, -0.25) is 0 Å². The molecule has 0 unspecified atom stereocenters. The van der Waals surface area contributed by atoms with Gasteiger partial charge in [0.2, 0.25) is 0 Å². The van der Waals surface area contributed by atoms with Gasteiger partial charge >= 0.3 is 6.03 Å². The van der Waals surface area contributed by atoms with Crippen LogP contribution in [-0.2, 0) is 0 Å². The first-order chi connectivity index (χ1) is 12.9. The summed E-state index contributed by atoms with van der Waals surface area (Å²) in [6.45, 7) is 11.3. The van der Waals surface area contributed by atoms with Crippen LogP contribution in [0, 0.1) is 13.8 Å². The zero-order chi connectivity index (χ0) is 19.4. The highest BCUT2D eigenvalue weighted by Crippen LogP contribution is 2.26. The van der Waals surface area contributed by atoms with Gasteiger partial charge in [0.15, 0.2) is 0 Å². The van der Waals surface area contributed by atoms with E-state index >= 15 is 0 Å². The molecular weight excluding hydrogens is 338 g/mol. The van der Waals surface area contributed by atoms with Crippen molar-refractivity contribution in [1.29, 1.82) is 0 Å². The molecule has 3 rings (SSSR count). The Kier molecular flexibility index (Phi) is 5.89. The van der Waals surface area contributed by atoms with Crippen LogP contribution in [0.3, 0.4) is 0 Å². The van der Waals surface area contributed by atoms with Gasteiger partial charge in [-0.15, -0.1) is 0 Å². The second-order valence-corrected chi connectivity index (χ2v) is 7.36. The van der Waals surface area contributed by atoms with Crippen molar-refractivity contribution in [1.82, 2.24) is 4.90 Å². The van der Waals surface area contributed by atoms with Crippen molar-refractivity contribution in [2.24, 2.45) is 0 Å². The molecule has 2 amide bonds. The van der Waals surface area contributed by atoms with Crippen LogP contribution in [0.4, 0.5) is 16.2 Å². The van der Waals surface area contributed by atoms with Crippen molar-refractivity contribution < 1.29 is 9.53 Å². The molecule has 0 radical (unpaired) electrons. The Balaban J connectivity index is 1.61. The maximum Gasteiger partial charge on any atom is 0.322 e. The first-order valence-electron chi connectivity index (χ1n) is 9.58. The molecule has 1 aliphatic rings. The SMILES string of the molecule is Cc1ccc(N2CCN(C(=O)Nc3ccccc3OC(C)C)CC2)c(C)c1. The first-order valence-corrected chi connectivity index (χ1v) is 9.58. The van der Waals surface area contributed by atoms with Crippen molar-refractivity contribution in [3.63, 3.8) is 0 Å². The number of hydrogen-bond acceptors (Lipinski definition) is 3. The molecule has 144 valence electrons. The van der Waals surface area contributed by atoms with Crippen molar-refractivity contribution in [3.05, 3.63) is 53.6 Å². The van der Waals surface area contributed by atoms with Gasteiger partial charge < -0.3 is 19.9 Å². The largest absolute Gasteiger partial charge is 0.489 e. The summed E-state index contributed by atoms with van der Waals surface area (Å²) in [5.41, 5.74) is 4.54.